The van der Waals surface area contributed by atoms with Crippen molar-refractivity contribution in [2.45, 2.75) is 32.2 Å². The minimum atomic E-state index is 0.0704. The normalized spacial score (nSPS) is 17.6. The molecule has 0 amide bonds. The lowest BCUT2D eigenvalue weighted by Gasteiger charge is -2.24. The summed E-state index contributed by atoms with van der Waals surface area (Å²) in [7, 11) is 1.64. The van der Waals surface area contributed by atoms with E-state index in [1.807, 2.05) is 30.3 Å². The van der Waals surface area contributed by atoms with E-state index in [4.69, 9.17) is 23.9 Å². The molecule has 1 aromatic carbocycles. The Balaban J connectivity index is 1.23. The molecule has 0 spiro atoms. The van der Waals surface area contributed by atoms with E-state index < -0.39 is 0 Å². The fraction of sp³-hybridized carbons (Fsp3) is 0.391. The second-order valence-electron chi connectivity index (χ2n) is 7.64. The summed E-state index contributed by atoms with van der Waals surface area (Å²) >= 11 is 0. The molecular formula is C23H26N4O4. The van der Waals surface area contributed by atoms with E-state index in [9.17, 15) is 0 Å². The number of ether oxygens (including phenoxy) is 4. The minimum absolute atomic E-state index is 0.0704. The van der Waals surface area contributed by atoms with E-state index in [1.165, 1.54) is 0 Å². The van der Waals surface area contributed by atoms with Crippen LogP contribution in [0.15, 0.2) is 42.7 Å². The average Bonchev–Trinajstić information content (AvgIpc) is 3.09. The van der Waals surface area contributed by atoms with Crippen molar-refractivity contribution in [1.82, 2.24) is 19.9 Å². The molecule has 8 nitrogen and oxygen atoms in total. The Morgan fingerprint density at radius 2 is 2.10 bits per heavy atom. The highest BCUT2D eigenvalue weighted by molar-refractivity contribution is 5.64. The van der Waals surface area contributed by atoms with Crippen molar-refractivity contribution in [2.75, 3.05) is 26.9 Å². The van der Waals surface area contributed by atoms with Crippen molar-refractivity contribution in [3.05, 3.63) is 54.1 Å². The van der Waals surface area contributed by atoms with E-state index in [2.05, 4.69) is 21.1 Å². The SMILES string of the molecule is COc1ncccc1CNC[C@H]1Cn2cc(-c3ccc4c(c3)OCCCO4)nc2CO1. The number of methoxy groups -OCH3 is 1. The van der Waals surface area contributed by atoms with Crippen LogP contribution < -0.4 is 19.5 Å². The van der Waals surface area contributed by atoms with Crippen molar-refractivity contribution in [3.63, 3.8) is 0 Å². The maximum Gasteiger partial charge on any atom is 0.217 e. The topological polar surface area (TPSA) is 79.7 Å². The summed E-state index contributed by atoms with van der Waals surface area (Å²) in [6, 6.07) is 9.93. The van der Waals surface area contributed by atoms with Gasteiger partial charge in [0, 0.05) is 43.0 Å². The first kappa shape index (κ1) is 19.8. The zero-order valence-electron chi connectivity index (χ0n) is 17.5. The molecule has 0 radical (unpaired) electrons. The van der Waals surface area contributed by atoms with Gasteiger partial charge in [0.2, 0.25) is 5.88 Å². The molecule has 0 aliphatic carbocycles. The van der Waals surface area contributed by atoms with Crippen molar-refractivity contribution >= 4 is 0 Å². The van der Waals surface area contributed by atoms with Gasteiger partial charge in [-0.05, 0) is 24.3 Å². The van der Waals surface area contributed by atoms with Gasteiger partial charge >= 0.3 is 0 Å². The van der Waals surface area contributed by atoms with Gasteiger partial charge in [-0.1, -0.05) is 6.07 Å². The average molecular weight is 422 g/mol. The lowest BCUT2D eigenvalue weighted by atomic mass is 10.1. The van der Waals surface area contributed by atoms with Crippen LogP contribution in [0.4, 0.5) is 0 Å². The van der Waals surface area contributed by atoms with Crippen LogP contribution in [-0.2, 0) is 24.4 Å². The zero-order valence-corrected chi connectivity index (χ0v) is 17.5. The molecule has 2 aliphatic rings. The van der Waals surface area contributed by atoms with Crippen LogP contribution in [0.5, 0.6) is 17.4 Å². The molecule has 162 valence electrons. The predicted octanol–water partition coefficient (Wildman–Crippen LogP) is 2.80. The van der Waals surface area contributed by atoms with Gasteiger partial charge in [0.05, 0.1) is 38.7 Å². The first-order valence-corrected chi connectivity index (χ1v) is 10.6. The molecule has 2 aromatic heterocycles. The van der Waals surface area contributed by atoms with Crippen LogP contribution in [-0.4, -0.2) is 47.5 Å². The highest BCUT2D eigenvalue weighted by Crippen LogP contribution is 2.34. The van der Waals surface area contributed by atoms with Crippen molar-refractivity contribution < 1.29 is 18.9 Å². The van der Waals surface area contributed by atoms with Gasteiger partial charge in [0.25, 0.3) is 0 Å². The van der Waals surface area contributed by atoms with Gasteiger partial charge in [-0.3, -0.25) is 0 Å². The summed E-state index contributed by atoms with van der Waals surface area (Å²) in [5.74, 6) is 3.17. The van der Waals surface area contributed by atoms with Crippen LogP contribution in [0.25, 0.3) is 11.3 Å². The number of pyridine rings is 1. The molecule has 31 heavy (non-hydrogen) atoms. The number of hydrogen-bond donors (Lipinski definition) is 1. The molecule has 0 bridgehead atoms. The molecular weight excluding hydrogens is 396 g/mol. The molecule has 5 rings (SSSR count). The van der Waals surface area contributed by atoms with Gasteiger partial charge in [0.1, 0.15) is 12.4 Å². The standard InChI is InChI=1S/C23H26N4O4/c1-28-23-17(4-2-7-25-23)11-24-12-18-13-27-14-19(26-22(27)15-31-18)16-5-6-20-21(10-16)30-9-3-8-29-20/h2,4-7,10,14,18,24H,3,8-9,11-13,15H2,1H3/t18-/m0/s1. The van der Waals surface area contributed by atoms with E-state index in [-0.39, 0.29) is 6.10 Å². The van der Waals surface area contributed by atoms with Crippen LogP contribution in [0.3, 0.4) is 0 Å². The smallest absolute Gasteiger partial charge is 0.217 e. The van der Waals surface area contributed by atoms with E-state index in [0.717, 1.165) is 53.7 Å². The first-order valence-electron chi connectivity index (χ1n) is 10.6. The van der Waals surface area contributed by atoms with Crippen molar-refractivity contribution in [1.29, 1.82) is 0 Å². The number of hydrogen-bond acceptors (Lipinski definition) is 7. The number of fused-ring (bicyclic) bond motifs is 2. The molecule has 8 heteroatoms. The Kier molecular flexibility index (Phi) is 5.73. The van der Waals surface area contributed by atoms with Gasteiger partial charge in [0.15, 0.2) is 11.5 Å². The summed E-state index contributed by atoms with van der Waals surface area (Å²) in [4.78, 5) is 9.01. The van der Waals surface area contributed by atoms with Gasteiger partial charge < -0.3 is 28.8 Å². The zero-order chi connectivity index (χ0) is 21.0. The molecule has 0 fully saturated rings. The Morgan fingerprint density at radius 3 is 3.00 bits per heavy atom. The highest BCUT2D eigenvalue weighted by Gasteiger charge is 2.22. The molecule has 1 atom stereocenters. The van der Waals surface area contributed by atoms with Crippen LogP contribution in [0, 0.1) is 0 Å². The maximum atomic E-state index is 6.02. The summed E-state index contributed by atoms with van der Waals surface area (Å²) in [5.41, 5.74) is 2.97. The second kappa shape index (κ2) is 8.95. The van der Waals surface area contributed by atoms with Gasteiger partial charge in [-0.25, -0.2) is 9.97 Å². The Hall–Kier alpha value is -3.10. The fourth-order valence-corrected chi connectivity index (χ4v) is 3.89. The Morgan fingerprint density at radius 1 is 1.19 bits per heavy atom. The lowest BCUT2D eigenvalue weighted by molar-refractivity contribution is 0.00275. The van der Waals surface area contributed by atoms with Crippen LogP contribution in [0.1, 0.15) is 17.8 Å². The largest absolute Gasteiger partial charge is 0.490 e. The monoisotopic (exact) mass is 422 g/mol. The first-order chi connectivity index (χ1) is 15.3. The summed E-state index contributed by atoms with van der Waals surface area (Å²) < 4.78 is 25.1. The maximum absolute atomic E-state index is 6.02. The fourth-order valence-electron chi connectivity index (χ4n) is 3.89. The van der Waals surface area contributed by atoms with Gasteiger partial charge in [-0.15, -0.1) is 0 Å². The molecule has 3 aromatic rings. The number of rotatable bonds is 6. The molecule has 0 saturated heterocycles. The van der Waals surface area contributed by atoms with E-state index in [1.54, 1.807) is 13.3 Å². The Bertz CT molecular complexity index is 1050. The third-order valence-electron chi connectivity index (χ3n) is 5.48. The number of imidazole rings is 1. The number of nitrogens with one attached hydrogen (secondary N) is 1. The third-order valence-corrected chi connectivity index (χ3v) is 5.48. The molecule has 0 saturated carbocycles. The van der Waals surface area contributed by atoms with Crippen LogP contribution in [0.2, 0.25) is 0 Å². The van der Waals surface area contributed by atoms with E-state index in [0.29, 0.717) is 32.2 Å². The molecule has 0 unspecified atom stereocenters. The third kappa shape index (κ3) is 4.35. The quantitative estimate of drug-likeness (QED) is 0.654. The molecule has 4 heterocycles. The predicted molar refractivity (Wildman–Crippen MR) is 114 cm³/mol. The summed E-state index contributed by atoms with van der Waals surface area (Å²) in [6.07, 6.45) is 4.78. The summed E-state index contributed by atoms with van der Waals surface area (Å²) in [6.45, 7) is 4.01. The van der Waals surface area contributed by atoms with Crippen molar-refractivity contribution in [2.24, 2.45) is 0 Å². The van der Waals surface area contributed by atoms with E-state index >= 15 is 0 Å². The summed E-state index contributed by atoms with van der Waals surface area (Å²) in [5, 5.41) is 3.45. The second-order valence-corrected chi connectivity index (χ2v) is 7.64. The lowest BCUT2D eigenvalue weighted by Crippen LogP contribution is -2.36. The molecule has 2 aliphatic heterocycles. The Labute approximate surface area is 181 Å². The minimum Gasteiger partial charge on any atom is -0.490 e. The number of aromatic nitrogens is 3. The number of benzene rings is 1. The van der Waals surface area contributed by atoms with Crippen LogP contribution >= 0.6 is 0 Å². The van der Waals surface area contributed by atoms with Crippen molar-refractivity contribution in [3.8, 4) is 28.6 Å². The highest BCUT2D eigenvalue weighted by atomic mass is 16.5. The van der Waals surface area contributed by atoms with Gasteiger partial charge in [-0.2, -0.15) is 0 Å². The number of nitrogens with zero attached hydrogens (tertiary/aromatic N) is 3. The molecule has 1 N–H and O–H groups in total.